The highest BCUT2D eigenvalue weighted by Gasteiger charge is 2.30. The van der Waals surface area contributed by atoms with Crippen LogP contribution < -0.4 is 0 Å². The fraction of sp³-hybridized carbons (Fsp3) is 0.0870. The minimum absolute atomic E-state index is 0.0536. The molecule has 0 aliphatic carbocycles. The molecule has 0 spiro atoms. The van der Waals surface area contributed by atoms with Crippen LogP contribution in [0.2, 0.25) is 0 Å². The Kier molecular flexibility index (Phi) is 5.53. The summed E-state index contributed by atoms with van der Waals surface area (Å²) in [5, 5.41) is 20.2. The van der Waals surface area contributed by atoms with Gasteiger partial charge in [0.15, 0.2) is 5.69 Å². The molecule has 0 N–H and O–H groups in total. The molecule has 154 valence electrons. The lowest BCUT2D eigenvalue weighted by atomic mass is 9.95. The molecule has 4 aromatic rings. The van der Waals surface area contributed by atoms with E-state index in [1.807, 2.05) is 60.7 Å². The van der Waals surface area contributed by atoms with Gasteiger partial charge in [0.1, 0.15) is 5.69 Å². The molecule has 8 nitrogen and oxygen atoms in total. The molecule has 0 bridgehead atoms. The van der Waals surface area contributed by atoms with E-state index in [4.69, 9.17) is 4.74 Å². The van der Waals surface area contributed by atoms with Crippen LogP contribution in [0.5, 0.6) is 0 Å². The van der Waals surface area contributed by atoms with Gasteiger partial charge >= 0.3 is 5.97 Å². The molecule has 3 aromatic carbocycles. The number of benzene rings is 3. The van der Waals surface area contributed by atoms with Gasteiger partial charge in [0.2, 0.25) is 0 Å². The Bertz CT molecular complexity index is 1240. The van der Waals surface area contributed by atoms with Crippen molar-refractivity contribution in [2.45, 2.75) is 6.54 Å². The molecule has 0 amide bonds. The molecule has 31 heavy (non-hydrogen) atoms. The van der Waals surface area contributed by atoms with Crippen molar-refractivity contribution in [2.75, 3.05) is 7.11 Å². The minimum Gasteiger partial charge on any atom is -0.464 e. The van der Waals surface area contributed by atoms with Gasteiger partial charge in [-0.2, -0.15) is 0 Å². The first-order valence-corrected chi connectivity index (χ1v) is 9.49. The molecule has 4 rings (SSSR count). The molecule has 0 saturated heterocycles. The summed E-state index contributed by atoms with van der Waals surface area (Å²) in [7, 11) is 1.25. The zero-order chi connectivity index (χ0) is 21.8. The van der Waals surface area contributed by atoms with Gasteiger partial charge < -0.3 is 4.74 Å². The number of nitro benzene ring substituents is 1. The summed E-state index contributed by atoms with van der Waals surface area (Å²) in [6.45, 7) is 0.263. The first kappa shape index (κ1) is 20.0. The lowest BCUT2D eigenvalue weighted by molar-refractivity contribution is -0.384. The fourth-order valence-electron chi connectivity index (χ4n) is 3.45. The molecular weight excluding hydrogens is 396 g/mol. The number of nitro groups is 1. The second-order valence-corrected chi connectivity index (χ2v) is 6.74. The van der Waals surface area contributed by atoms with Crippen LogP contribution in [0.15, 0.2) is 78.9 Å². The average Bonchev–Trinajstić information content (AvgIpc) is 3.22. The van der Waals surface area contributed by atoms with Crippen LogP contribution in [0, 0.1) is 10.1 Å². The minimum atomic E-state index is -0.673. The number of rotatable bonds is 6. The Morgan fingerprint density at radius 3 is 2.32 bits per heavy atom. The zero-order valence-electron chi connectivity index (χ0n) is 16.6. The van der Waals surface area contributed by atoms with E-state index in [2.05, 4.69) is 10.3 Å². The third-order valence-electron chi connectivity index (χ3n) is 4.85. The lowest BCUT2D eigenvalue weighted by Gasteiger charge is -2.11. The van der Waals surface area contributed by atoms with E-state index in [1.165, 1.54) is 17.9 Å². The van der Waals surface area contributed by atoms with E-state index in [1.54, 1.807) is 12.1 Å². The summed E-state index contributed by atoms with van der Waals surface area (Å²) < 4.78 is 6.38. The number of carbonyl (C=O) groups is 1. The van der Waals surface area contributed by atoms with E-state index in [0.717, 1.165) is 11.1 Å². The standard InChI is InChI=1S/C23H18N4O4/c1-31-23(28)22-21(24-25-26(22)15-16-9-4-2-5-10-16)20-18(17-11-6-3-7-12-17)13-8-14-19(20)27(29)30/h2-14H,15H2,1H3. The van der Waals surface area contributed by atoms with Gasteiger partial charge in [0.05, 0.1) is 24.1 Å². The maximum absolute atomic E-state index is 12.7. The van der Waals surface area contributed by atoms with Gasteiger partial charge in [-0.15, -0.1) is 5.10 Å². The normalized spacial score (nSPS) is 10.6. The van der Waals surface area contributed by atoms with Crippen molar-refractivity contribution in [1.29, 1.82) is 0 Å². The van der Waals surface area contributed by atoms with Crippen LogP contribution in [-0.2, 0) is 11.3 Å². The quantitative estimate of drug-likeness (QED) is 0.264. The van der Waals surface area contributed by atoms with Gasteiger partial charge in [0, 0.05) is 6.07 Å². The number of carbonyl (C=O) groups excluding carboxylic acids is 1. The molecule has 0 aliphatic heterocycles. The van der Waals surface area contributed by atoms with Crippen molar-refractivity contribution >= 4 is 11.7 Å². The Morgan fingerprint density at radius 2 is 1.68 bits per heavy atom. The van der Waals surface area contributed by atoms with E-state index in [9.17, 15) is 14.9 Å². The van der Waals surface area contributed by atoms with Crippen LogP contribution in [0.1, 0.15) is 16.1 Å². The van der Waals surface area contributed by atoms with Crippen molar-refractivity contribution in [3.63, 3.8) is 0 Å². The van der Waals surface area contributed by atoms with Crippen molar-refractivity contribution in [3.05, 3.63) is 100 Å². The third kappa shape index (κ3) is 3.91. The van der Waals surface area contributed by atoms with Crippen molar-refractivity contribution in [1.82, 2.24) is 15.0 Å². The number of hydrogen-bond acceptors (Lipinski definition) is 6. The fourth-order valence-corrected chi connectivity index (χ4v) is 3.45. The summed E-state index contributed by atoms with van der Waals surface area (Å²) in [6, 6.07) is 23.4. The Labute approximate surface area is 177 Å². The van der Waals surface area contributed by atoms with E-state index in [-0.39, 0.29) is 29.2 Å². The van der Waals surface area contributed by atoms with E-state index in [0.29, 0.717) is 5.56 Å². The van der Waals surface area contributed by atoms with Crippen LogP contribution >= 0.6 is 0 Å². The highest BCUT2D eigenvalue weighted by molar-refractivity contribution is 5.99. The first-order valence-electron chi connectivity index (χ1n) is 9.49. The SMILES string of the molecule is COC(=O)c1c(-c2c(-c3ccccc3)cccc2[N+](=O)[O-])nnn1Cc1ccccc1. The summed E-state index contributed by atoms with van der Waals surface area (Å²) in [4.78, 5) is 24.1. The molecule has 0 atom stereocenters. The van der Waals surface area contributed by atoms with Crippen molar-refractivity contribution in [3.8, 4) is 22.4 Å². The second kappa shape index (κ2) is 8.58. The van der Waals surface area contributed by atoms with Gasteiger partial charge in [-0.1, -0.05) is 78.0 Å². The van der Waals surface area contributed by atoms with Gasteiger partial charge in [-0.25, -0.2) is 9.48 Å². The predicted octanol–water partition coefficient (Wildman–Crippen LogP) is 4.36. The smallest absolute Gasteiger partial charge is 0.358 e. The highest BCUT2D eigenvalue weighted by Crippen LogP contribution is 2.39. The second-order valence-electron chi connectivity index (χ2n) is 6.74. The van der Waals surface area contributed by atoms with Crippen LogP contribution in [0.25, 0.3) is 22.4 Å². The van der Waals surface area contributed by atoms with Gasteiger partial charge in [0.25, 0.3) is 5.69 Å². The monoisotopic (exact) mass is 414 g/mol. The zero-order valence-corrected chi connectivity index (χ0v) is 16.6. The molecular formula is C23H18N4O4. The molecule has 0 unspecified atom stereocenters. The molecule has 0 fully saturated rings. The van der Waals surface area contributed by atoms with Gasteiger partial charge in [-0.05, 0) is 16.7 Å². The molecule has 1 heterocycles. The van der Waals surface area contributed by atoms with Crippen LogP contribution in [0.4, 0.5) is 5.69 Å². The Morgan fingerprint density at radius 1 is 1.00 bits per heavy atom. The summed E-state index contributed by atoms with van der Waals surface area (Å²) in [6.07, 6.45) is 0. The summed E-state index contributed by atoms with van der Waals surface area (Å²) >= 11 is 0. The number of esters is 1. The topological polar surface area (TPSA) is 100 Å². The highest BCUT2D eigenvalue weighted by atomic mass is 16.6. The number of ether oxygens (including phenoxy) is 1. The number of methoxy groups -OCH3 is 1. The average molecular weight is 414 g/mol. The van der Waals surface area contributed by atoms with Crippen molar-refractivity contribution < 1.29 is 14.5 Å². The Balaban J connectivity index is 1.96. The number of hydrogen-bond donors (Lipinski definition) is 0. The van der Waals surface area contributed by atoms with E-state index < -0.39 is 10.9 Å². The van der Waals surface area contributed by atoms with Crippen molar-refractivity contribution in [2.24, 2.45) is 0 Å². The van der Waals surface area contributed by atoms with Crippen LogP contribution in [-0.4, -0.2) is 33.0 Å². The molecule has 0 saturated carbocycles. The third-order valence-corrected chi connectivity index (χ3v) is 4.85. The number of aromatic nitrogens is 3. The van der Waals surface area contributed by atoms with Gasteiger partial charge in [-0.3, -0.25) is 10.1 Å². The maximum Gasteiger partial charge on any atom is 0.358 e. The van der Waals surface area contributed by atoms with Crippen LogP contribution in [0.3, 0.4) is 0 Å². The molecule has 0 radical (unpaired) electrons. The summed E-state index contributed by atoms with van der Waals surface area (Å²) in [5.41, 5.74) is 2.44. The first-order chi connectivity index (χ1) is 15.1. The largest absolute Gasteiger partial charge is 0.464 e. The lowest BCUT2D eigenvalue weighted by Crippen LogP contribution is -2.14. The molecule has 8 heteroatoms. The maximum atomic E-state index is 12.7. The molecule has 1 aromatic heterocycles. The number of nitrogens with zero attached hydrogens (tertiary/aromatic N) is 4. The predicted molar refractivity (Wildman–Crippen MR) is 114 cm³/mol. The molecule has 0 aliphatic rings. The summed E-state index contributed by atoms with van der Waals surface area (Å²) in [5.74, 6) is -0.673. The van der Waals surface area contributed by atoms with E-state index >= 15 is 0 Å². The Hall–Kier alpha value is -4.33.